The van der Waals surface area contributed by atoms with Crippen LogP contribution >= 0.6 is 0 Å². The third kappa shape index (κ3) is 3.06. The number of likely N-dealkylation sites (N-methyl/N-ethyl adjacent to an activating group) is 1. The predicted molar refractivity (Wildman–Crippen MR) is 87.3 cm³/mol. The molecule has 0 aromatic rings. The summed E-state index contributed by atoms with van der Waals surface area (Å²) in [6.07, 6.45) is 15.3. The molecule has 1 heterocycles. The molecule has 0 bridgehead atoms. The summed E-state index contributed by atoms with van der Waals surface area (Å²) in [5, 5.41) is 0. The lowest BCUT2D eigenvalue weighted by molar-refractivity contribution is -0.122. The van der Waals surface area contributed by atoms with Gasteiger partial charge in [-0.1, -0.05) is 57.8 Å². The Morgan fingerprint density at radius 1 is 0.857 bits per heavy atom. The summed E-state index contributed by atoms with van der Waals surface area (Å²) >= 11 is 0. The second kappa shape index (κ2) is 6.81. The van der Waals surface area contributed by atoms with Crippen molar-refractivity contribution in [2.45, 2.75) is 89.6 Å². The molecule has 5 unspecified atom stereocenters. The van der Waals surface area contributed by atoms with Crippen LogP contribution in [0.1, 0.15) is 77.6 Å². The van der Waals surface area contributed by atoms with Crippen LogP contribution in [-0.4, -0.2) is 29.8 Å². The Hall–Kier alpha value is -0.370. The zero-order chi connectivity index (χ0) is 14.8. The van der Waals surface area contributed by atoms with Gasteiger partial charge in [0, 0.05) is 6.04 Å². The first-order chi connectivity index (χ1) is 10.2. The molecule has 5 atom stereocenters. The quantitative estimate of drug-likeness (QED) is 0.712. The Kier molecular flexibility index (Phi) is 5.03. The smallest absolute Gasteiger partial charge is 0.147 e. The normalized spacial score (nSPS) is 42.1. The van der Waals surface area contributed by atoms with E-state index in [0.717, 1.165) is 11.8 Å². The number of likely N-dealkylation sites (tertiary alicyclic amines) is 1. The summed E-state index contributed by atoms with van der Waals surface area (Å²) in [6.45, 7) is 1.83. The molecule has 3 fully saturated rings. The lowest BCUT2D eigenvalue weighted by Crippen LogP contribution is -2.39. The molecule has 1 saturated heterocycles. The number of hydrogen-bond donors (Lipinski definition) is 0. The molecule has 120 valence electrons. The van der Waals surface area contributed by atoms with Gasteiger partial charge in [0.1, 0.15) is 5.78 Å². The molecule has 2 heteroatoms. The molecule has 0 amide bonds. The van der Waals surface area contributed by atoms with Gasteiger partial charge in [0.2, 0.25) is 0 Å². The topological polar surface area (TPSA) is 20.3 Å². The lowest BCUT2D eigenvalue weighted by Gasteiger charge is -2.35. The van der Waals surface area contributed by atoms with E-state index in [1.807, 2.05) is 6.92 Å². The summed E-state index contributed by atoms with van der Waals surface area (Å²) in [5.74, 6) is 2.78. The molecule has 0 aromatic carbocycles. The molecule has 3 aliphatic rings. The number of carbonyl (C=O) groups is 1. The molecule has 3 rings (SSSR count). The number of Topliss-reactive ketones (excluding diaryl/α,β-unsaturated/α-hetero) is 1. The fraction of sp³-hybridized carbons (Fsp3) is 0.947. The highest BCUT2D eigenvalue weighted by molar-refractivity contribution is 5.82. The second-order valence-corrected chi connectivity index (χ2v) is 7.92. The first kappa shape index (κ1) is 15.5. The first-order valence-electron chi connectivity index (χ1n) is 9.42. The second-order valence-electron chi connectivity index (χ2n) is 7.92. The number of hydrogen-bond acceptors (Lipinski definition) is 2. The van der Waals surface area contributed by atoms with Crippen molar-refractivity contribution >= 4 is 5.78 Å². The van der Waals surface area contributed by atoms with Gasteiger partial charge in [-0.15, -0.1) is 0 Å². The van der Waals surface area contributed by atoms with E-state index in [1.54, 1.807) is 0 Å². The van der Waals surface area contributed by atoms with E-state index in [4.69, 9.17) is 0 Å². The Morgan fingerprint density at radius 3 is 2.10 bits per heavy atom. The van der Waals surface area contributed by atoms with Crippen molar-refractivity contribution in [1.29, 1.82) is 0 Å². The maximum atomic E-state index is 12.3. The number of carbonyl (C=O) groups excluding carboxylic acids is 1. The van der Waals surface area contributed by atoms with Crippen molar-refractivity contribution in [1.82, 2.24) is 4.90 Å². The van der Waals surface area contributed by atoms with Gasteiger partial charge in [-0.05, 0) is 44.6 Å². The SMILES string of the molecule is CC(=O)C1C2CCCCCC3CCCCCCC(C32)N1C. The maximum Gasteiger partial charge on any atom is 0.147 e. The van der Waals surface area contributed by atoms with Crippen molar-refractivity contribution in [3.63, 3.8) is 0 Å². The molecular weight excluding hydrogens is 258 g/mol. The molecule has 0 radical (unpaired) electrons. The number of nitrogens with zero attached hydrogens (tertiary/aromatic N) is 1. The maximum absolute atomic E-state index is 12.3. The van der Waals surface area contributed by atoms with Gasteiger partial charge in [-0.25, -0.2) is 0 Å². The summed E-state index contributed by atoms with van der Waals surface area (Å²) in [7, 11) is 2.25. The van der Waals surface area contributed by atoms with Crippen molar-refractivity contribution in [2.75, 3.05) is 7.05 Å². The van der Waals surface area contributed by atoms with Crippen LogP contribution in [0.5, 0.6) is 0 Å². The third-order valence-electron chi connectivity index (χ3n) is 6.70. The fourth-order valence-corrected chi connectivity index (χ4v) is 5.88. The van der Waals surface area contributed by atoms with E-state index in [2.05, 4.69) is 11.9 Å². The highest BCUT2D eigenvalue weighted by Gasteiger charge is 2.50. The van der Waals surface area contributed by atoms with Crippen LogP contribution in [0.25, 0.3) is 0 Å². The minimum atomic E-state index is 0.222. The summed E-state index contributed by atoms with van der Waals surface area (Å²) in [5.41, 5.74) is 0. The summed E-state index contributed by atoms with van der Waals surface area (Å²) < 4.78 is 0. The predicted octanol–water partition coefficient (Wildman–Crippen LogP) is 4.42. The molecule has 0 aromatic heterocycles. The molecule has 2 saturated carbocycles. The van der Waals surface area contributed by atoms with E-state index >= 15 is 0 Å². The van der Waals surface area contributed by atoms with Crippen LogP contribution in [0.2, 0.25) is 0 Å². The Morgan fingerprint density at radius 2 is 1.43 bits per heavy atom. The van der Waals surface area contributed by atoms with E-state index in [-0.39, 0.29) is 6.04 Å². The monoisotopic (exact) mass is 291 g/mol. The molecule has 1 aliphatic heterocycles. The number of rotatable bonds is 1. The zero-order valence-corrected chi connectivity index (χ0v) is 14.0. The van der Waals surface area contributed by atoms with Gasteiger partial charge in [0.25, 0.3) is 0 Å². The van der Waals surface area contributed by atoms with Gasteiger partial charge in [0.05, 0.1) is 6.04 Å². The first-order valence-corrected chi connectivity index (χ1v) is 9.42. The Bertz CT molecular complexity index is 367. The summed E-state index contributed by atoms with van der Waals surface area (Å²) in [6, 6.07) is 0.908. The van der Waals surface area contributed by atoms with E-state index in [0.29, 0.717) is 17.7 Å². The largest absolute Gasteiger partial charge is 0.298 e. The molecule has 2 nitrogen and oxygen atoms in total. The standard InChI is InChI=1S/C19H33NO/c1-14(21)19-16-12-8-5-7-11-15-10-6-3-4-9-13-17(18(15)16)20(19)2/h15-19H,3-13H2,1-2H3. The minimum Gasteiger partial charge on any atom is -0.298 e. The third-order valence-corrected chi connectivity index (χ3v) is 6.70. The van der Waals surface area contributed by atoms with Crippen LogP contribution in [-0.2, 0) is 4.79 Å². The fourth-order valence-electron chi connectivity index (χ4n) is 5.88. The molecule has 0 spiro atoms. The molecular formula is C19H33NO. The molecule has 21 heavy (non-hydrogen) atoms. The summed E-state index contributed by atoms with van der Waals surface area (Å²) in [4.78, 5) is 14.8. The van der Waals surface area contributed by atoms with E-state index in [1.165, 1.54) is 70.6 Å². The van der Waals surface area contributed by atoms with Crippen LogP contribution in [0.15, 0.2) is 0 Å². The van der Waals surface area contributed by atoms with Gasteiger partial charge in [-0.3, -0.25) is 9.69 Å². The van der Waals surface area contributed by atoms with Crippen LogP contribution < -0.4 is 0 Å². The van der Waals surface area contributed by atoms with Gasteiger partial charge in [-0.2, -0.15) is 0 Å². The van der Waals surface area contributed by atoms with Crippen molar-refractivity contribution < 1.29 is 4.79 Å². The van der Waals surface area contributed by atoms with Crippen molar-refractivity contribution in [3.8, 4) is 0 Å². The Balaban J connectivity index is 1.91. The average molecular weight is 291 g/mol. The highest BCUT2D eigenvalue weighted by atomic mass is 16.1. The minimum absolute atomic E-state index is 0.222. The van der Waals surface area contributed by atoms with E-state index in [9.17, 15) is 4.79 Å². The van der Waals surface area contributed by atoms with Crippen LogP contribution in [0, 0.1) is 17.8 Å². The van der Waals surface area contributed by atoms with Crippen molar-refractivity contribution in [2.24, 2.45) is 17.8 Å². The number of ketones is 1. The van der Waals surface area contributed by atoms with Crippen LogP contribution in [0.4, 0.5) is 0 Å². The average Bonchev–Trinajstić information content (AvgIpc) is 2.73. The lowest BCUT2D eigenvalue weighted by atomic mass is 9.70. The van der Waals surface area contributed by atoms with Gasteiger partial charge >= 0.3 is 0 Å². The zero-order valence-electron chi connectivity index (χ0n) is 14.0. The molecule has 2 aliphatic carbocycles. The van der Waals surface area contributed by atoms with E-state index < -0.39 is 0 Å². The molecule has 0 N–H and O–H groups in total. The van der Waals surface area contributed by atoms with Gasteiger partial charge < -0.3 is 0 Å². The Labute approximate surface area is 130 Å². The highest BCUT2D eigenvalue weighted by Crippen LogP contribution is 2.48. The van der Waals surface area contributed by atoms with Gasteiger partial charge in [0.15, 0.2) is 0 Å². The van der Waals surface area contributed by atoms with Crippen molar-refractivity contribution in [3.05, 3.63) is 0 Å². The van der Waals surface area contributed by atoms with Crippen LogP contribution in [0.3, 0.4) is 0 Å².